The number of carboxylic acid groups (broad SMARTS) is 6. The molecule has 0 unspecified atom stereocenters. The number of carbonyl (C=O) groups excluding carboxylic acids is 6. The third kappa shape index (κ3) is 140. The summed E-state index contributed by atoms with van der Waals surface area (Å²) in [6.45, 7) is 11.3. The van der Waals surface area contributed by atoms with Gasteiger partial charge in [0.1, 0.15) is 0 Å². The van der Waals surface area contributed by atoms with E-state index in [0.717, 1.165) is 27.7 Å². The second-order valence-electron chi connectivity index (χ2n) is 5.63. The Labute approximate surface area is 255 Å². The maximum Gasteiger partial charge on any atom is 2.00 e. The van der Waals surface area contributed by atoms with E-state index in [1.165, 1.54) is 0 Å². The van der Waals surface area contributed by atoms with Crippen LogP contribution < -0.4 is 30.6 Å². The Morgan fingerprint density at radius 3 is 0.514 bits per heavy atom. The molecule has 0 aromatic rings. The van der Waals surface area contributed by atoms with Gasteiger partial charge in [-0.3, -0.25) is 0 Å². The summed E-state index contributed by atoms with van der Waals surface area (Å²) >= 11 is 0. The molecule has 15 heteroatoms. The molecule has 12 nitrogen and oxygen atoms in total. The second-order valence-corrected chi connectivity index (χ2v) is 5.63. The molecule has 0 aliphatic carbocycles. The van der Waals surface area contributed by atoms with E-state index in [2.05, 4.69) is 0 Å². The Bertz CT molecular complexity index is 435. The van der Waals surface area contributed by atoms with E-state index in [1.807, 2.05) is 27.7 Å². The van der Waals surface area contributed by atoms with Crippen molar-refractivity contribution >= 4 is 105 Å². The Balaban J connectivity index is -0.0000000336. The molecule has 0 bridgehead atoms. The summed E-state index contributed by atoms with van der Waals surface area (Å²) in [5.74, 6) is -6.66. The molecule has 0 saturated heterocycles. The fraction of sp³-hybridized carbons (Fsp3) is 0.700. The molecule has 0 N–H and O–H groups in total. The van der Waals surface area contributed by atoms with Gasteiger partial charge in [-0.15, -0.1) is 0 Å². The minimum atomic E-state index is -1.08. The van der Waals surface area contributed by atoms with Crippen LogP contribution in [0.5, 0.6) is 0 Å². The van der Waals surface area contributed by atoms with Gasteiger partial charge < -0.3 is 59.4 Å². The van der Waals surface area contributed by atoms with Gasteiger partial charge in [-0.2, -0.15) is 0 Å². The maximum absolute atomic E-state index is 10.1. The fourth-order valence-corrected chi connectivity index (χ4v) is 1.24. The van der Waals surface area contributed by atoms with E-state index >= 15 is 0 Å². The topological polar surface area (TPSA) is 241 Å². The first-order valence-electron chi connectivity index (χ1n) is 9.49. The van der Waals surface area contributed by atoms with E-state index < -0.39 is 35.8 Å². The second kappa shape index (κ2) is 46.5. The van der Waals surface area contributed by atoms with Crippen molar-refractivity contribution in [3.8, 4) is 0 Å². The van der Waals surface area contributed by atoms with Gasteiger partial charge in [0, 0.05) is 35.8 Å². The van der Waals surface area contributed by atoms with Crippen molar-refractivity contribution in [1.82, 2.24) is 0 Å². The molecule has 192 valence electrons. The average Bonchev–Trinajstić information content (AvgIpc) is 2.55. The Morgan fingerprint density at radius 1 is 0.429 bits per heavy atom. The summed E-state index contributed by atoms with van der Waals surface area (Å²) in [6.07, 6.45) is 2.72. The minimum absolute atomic E-state index is 0. The third-order valence-electron chi connectivity index (χ3n) is 2.64. The zero-order valence-electron chi connectivity index (χ0n) is 22.0. The van der Waals surface area contributed by atoms with Crippen molar-refractivity contribution in [2.75, 3.05) is 0 Å². The van der Waals surface area contributed by atoms with E-state index in [9.17, 15) is 19.8 Å². The first-order chi connectivity index (χ1) is 14.4. The summed E-state index contributed by atoms with van der Waals surface area (Å²) in [5, 5.41) is 55.7. The van der Waals surface area contributed by atoms with Crippen molar-refractivity contribution in [2.45, 2.75) is 81.1 Å². The molecule has 0 aliphatic rings. The van der Waals surface area contributed by atoms with Crippen LogP contribution in [0.25, 0.3) is 0 Å². The molecule has 0 aliphatic heterocycles. The van der Waals surface area contributed by atoms with Crippen LogP contribution in [0.2, 0.25) is 0 Å². The van der Waals surface area contributed by atoms with Gasteiger partial charge in [-0.25, -0.2) is 0 Å². The average molecular weight is 539 g/mol. The van der Waals surface area contributed by atoms with Gasteiger partial charge in [0.05, 0.1) is 0 Å². The largest absolute Gasteiger partial charge is 2.00 e. The van der Waals surface area contributed by atoms with E-state index in [0.29, 0.717) is 25.7 Å². The van der Waals surface area contributed by atoms with Crippen LogP contribution in [-0.4, -0.2) is 105 Å². The molecular weight excluding hydrogens is 505 g/mol. The van der Waals surface area contributed by atoms with Gasteiger partial charge in [-0.1, -0.05) is 27.7 Å². The van der Waals surface area contributed by atoms with Crippen molar-refractivity contribution < 1.29 is 59.4 Å². The number of carboxylic acids is 6. The van der Waals surface area contributed by atoms with Crippen LogP contribution in [0.1, 0.15) is 81.1 Å². The molecule has 0 rings (SSSR count). The predicted molar refractivity (Wildman–Crippen MR) is 118 cm³/mol. The molecule has 35 heavy (non-hydrogen) atoms. The Hall–Kier alpha value is -0.881. The van der Waals surface area contributed by atoms with E-state index in [4.69, 9.17) is 39.6 Å². The normalized spacial score (nSPS) is 7.37. The minimum Gasteiger partial charge on any atom is -0.550 e. The number of aliphatic carboxylic acids is 6. The van der Waals surface area contributed by atoms with Crippen molar-refractivity contribution in [2.24, 2.45) is 11.8 Å². The maximum atomic E-state index is 10.1. The number of carbonyl (C=O) groups is 6. The first-order valence-corrected chi connectivity index (χ1v) is 9.49. The number of hydrogen-bond acceptors (Lipinski definition) is 12. The van der Waals surface area contributed by atoms with Crippen molar-refractivity contribution in [3.05, 3.63) is 0 Å². The molecule has 0 spiro atoms. The molecule has 0 aromatic carbocycles. The monoisotopic (exact) mass is 538 g/mol. The number of rotatable bonds is 6. The standard InChI is InChI=1S/2C6H12O2.4C2H4O2.3Mg/c2*1-3-5(4-2)6(7)8;4*1-2(3)4;;;/h2*5H,3-4H2,1-2H3,(H,7,8);4*1H3,(H,3,4);;;/q;;;;;;3*+2/p-6. The van der Waals surface area contributed by atoms with Gasteiger partial charge in [0.25, 0.3) is 0 Å². The molecular formula is C20H34Mg3O12. The van der Waals surface area contributed by atoms with Crippen molar-refractivity contribution in [3.63, 3.8) is 0 Å². The van der Waals surface area contributed by atoms with Gasteiger partial charge in [0.2, 0.25) is 0 Å². The smallest absolute Gasteiger partial charge is 0.550 e. The predicted octanol–water partition coefficient (Wildman–Crippen LogP) is -5.77. The quantitative estimate of drug-likeness (QED) is 0.287. The van der Waals surface area contributed by atoms with Crippen LogP contribution in [0.15, 0.2) is 0 Å². The molecule has 0 aromatic heterocycles. The van der Waals surface area contributed by atoms with Gasteiger partial charge >= 0.3 is 69.2 Å². The Morgan fingerprint density at radius 2 is 0.514 bits per heavy atom. The van der Waals surface area contributed by atoms with Crippen LogP contribution in [0.3, 0.4) is 0 Å². The summed E-state index contributed by atoms with van der Waals surface area (Å²) in [4.78, 5) is 55.7. The zero-order valence-corrected chi connectivity index (χ0v) is 26.2. The van der Waals surface area contributed by atoms with E-state index in [-0.39, 0.29) is 81.0 Å². The van der Waals surface area contributed by atoms with Gasteiger partial charge in [0.15, 0.2) is 0 Å². The SMILES string of the molecule is CC(=O)[O-].CC(=O)[O-].CC(=O)[O-].CC(=O)[O-].CCC(CC)C(=O)[O-].CCC(CC)C(=O)[O-].[Mg+2].[Mg+2].[Mg+2]. The summed E-state index contributed by atoms with van der Waals surface area (Å²) in [6, 6.07) is 0. The molecule has 0 fully saturated rings. The Kier molecular flexibility index (Phi) is 78.7. The molecule has 0 radical (unpaired) electrons. The molecule has 0 saturated carbocycles. The number of hydrogen-bond donors (Lipinski definition) is 0. The summed E-state index contributed by atoms with van der Waals surface area (Å²) in [5.41, 5.74) is 0. The van der Waals surface area contributed by atoms with Crippen molar-refractivity contribution in [1.29, 1.82) is 0 Å². The summed E-state index contributed by atoms with van der Waals surface area (Å²) in [7, 11) is 0. The van der Waals surface area contributed by atoms with Crippen LogP contribution in [-0.2, 0) is 28.8 Å². The molecule has 0 heterocycles. The molecule has 0 atom stereocenters. The van der Waals surface area contributed by atoms with Crippen LogP contribution in [0.4, 0.5) is 0 Å². The van der Waals surface area contributed by atoms with Gasteiger partial charge in [-0.05, 0) is 65.2 Å². The van der Waals surface area contributed by atoms with Crippen LogP contribution >= 0.6 is 0 Å². The first kappa shape index (κ1) is 59.3. The summed E-state index contributed by atoms with van der Waals surface area (Å²) < 4.78 is 0. The van der Waals surface area contributed by atoms with Crippen LogP contribution in [0, 0.1) is 11.8 Å². The van der Waals surface area contributed by atoms with E-state index in [1.54, 1.807) is 0 Å². The third-order valence-corrected chi connectivity index (χ3v) is 2.64. The fourth-order valence-electron chi connectivity index (χ4n) is 1.24. The molecule has 0 amide bonds. The zero-order chi connectivity index (χ0) is 27.4.